The Morgan fingerprint density at radius 1 is 1.24 bits per heavy atom. The maximum atomic E-state index is 12.4. The molecule has 29 heavy (non-hydrogen) atoms. The van der Waals surface area contributed by atoms with E-state index in [9.17, 15) is 13.9 Å². The first-order valence-electron chi connectivity index (χ1n) is 9.11. The fraction of sp³-hybridized carbons (Fsp3) is 0.350. The van der Waals surface area contributed by atoms with Crippen molar-refractivity contribution in [2.24, 2.45) is 0 Å². The Labute approximate surface area is 165 Å². The van der Waals surface area contributed by atoms with Crippen molar-refractivity contribution in [1.82, 2.24) is 15.2 Å². The molecule has 1 fully saturated rings. The summed E-state index contributed by atoms with van der Waals surface area (Å²) in [5.41, 5.74) is 0.566. The van der Waals surface area contributed by atoms with Gasteiger partial charge in [0, 0.05) is 34.8 Å². The molecule has 0 unspecified atom stereocenters. The van der Waals surface area contributed by atoms with E-state index in [0.29, 0.717) is 29.1 Å². The lowest BCUT2D eigenvalue weighted by Gasteiger charge is -2.17. The molecule has 1 aromatic carbocycles. The zero-order chi connectivity index (χ0) is 20.6. The minimum absolute atomic E-state index is 0.0905. The van der Waals surface area contributed by atoms with Crippen molar-refractivity contribution in [3.05, 3.63) is 36.7 Å². The molecule has 0 saturated carbocycles. The van der Waals surface area contributed by atoms with Crippen LogP contribution in [0, 0.1) is 0 Å². The van der Waals surface area contributed by atoms with Crippen molar-refractivity contribution in [2.75, 3.05) is 11.9 Å². The number of nitrogens with zero attached hydrogens (tertiary/aromatic N) is 3. The van der Waals surface area contributed by atoms with E-state index in [1.807, 2.05) is 13.8 Å². The number of anilines is 1. The minimum atomic E-state index is -2.97. The molecule has 4 rings (SSSR count). The second-order valence-electron chi connectivity index (χ2n) is 7.49. The highest BCUT2D eigenvalue weighted by Crippen LogP contribution is 2.37. The molecule has 0 radical (unpaired) electrons. The highest BCUT2D eigenvalue weighted by Gasteiger charge is 2.32. The van der Waals surface area contributed by atoms with Crippen molar-refractivity contribution < 1.29 is 23.4 Å². The van der Waals surface area contributed by atoms with Crippen LogP contribution < -0.4 is 10.1 Å². The van der Waals surface area contributed by atoms with E-state index in [1.165, 1.54) is 12.1 Å². The number of phenolic OH excluding ortho intramolecular Hbond substituents is 1. The molecule has 1 saturated heterocycles. The first kappa shape index (κ1) is 19.3. The summed E-state index contributed by atoms with van der Waals surface area (Å²) in [5, 5.41) is 23.7. The monoisotopic (exact) mass is 402 g/mol. The van der Waals surface area contributed by atoms with Crippen LogP contribution in [0.1, 0.15) is 20.3 Å². The molecule has 152 valence electrons. The first-order chi connectivity index (χ1) is 13.8. The van der Waals surface area contributed by atoms with Gasteiger partial charge < -0.3 is 19.9 Å². The number of alkyl halides is 2. The predicted octanol–water partition coefficient (Wildman–Crippen LogP) is 3.98. The summed E-state index contributed by atoms with van der Waals surface area (Å²) in [7, 11) is 0. The summed E-state index contributed by atoms with van der Waals surface area (Å²) >= 11 is 0. The Hall–Kier alpha value is -3.07. The molecule has 0 amide bonds. The molecule has 0 spiro atoms. The lowest BCUT2D eigenvalue weighted by Crippen LogP contribution is -2.23. The average Bonchev–Trinajstić information content (AvgIpc) is 3.01. The quantitative estimate of drug-likeness (QED) is 0.667. The molecule has 3 aromatic rings. The predicted molar refractivity (Wildman–Crippen MR) is 103 cm³/mol. The van der Waals surface area contributed by atoms with E-state index in [4.69, 9.17) is 4.74 Å². The molecule has 0 bridgehead atoms. The van der Waals surface area contributed by atoms with Crippen LogP contribution in [0.25, 0.3) is 22.0 Å². The zero-order valence-electron chi connectivity index (χ0n) is 15.9. The van der Waals surface area contributed by atoms with Crippen LogP contribution in [0.3, 0.4) is 0 Å². The second kappa shape index (κ2) is 7.40. The largest absolute Gasteiger partial charge is 0.507 e. The van der Waals surface area contributed by atoms with Crippen LogP contribution in [0.15, 0.2) is 36.7 Å². The highest BCUT2D eigenvalue weighted by atomic mass is 19.3. The lowest BCUT2D eigenvalue weighted by molar-refractivity contribution is -0.0499. The van der Waals surface area contributed by atoms with Crippen LogP contribution in [0.5, 0.6) is 11.5 Å². The van der Waals surface area contributed by atoms with Gasteiger partial charge in [-0.05, 0) is 38.5 Å². The second-order valence-corrected chi connectivity index (χ2v) is 7.49. The molecule has 1 aliphatic heterocycles. The molecule has 7 nitrogen and oxygen atoms in total. The van der Waals surface area contributed by atoms with Gasteiger partial charge in [0.1, 0.15) is 17.2 Å². The van der Waals surface area contributed by atoms with E-state index in [1.54, 1.807) is 18.5 Å². The summed E-state index contributed by atoms with van der Waals surface area (Å²) in [6, 6.07) is 5.80. The third-order valence-electron chi connectivity index (χ3n) is 4.78. The van der Waals surface area contributed by atoms with Crippen LogP contribution in [0.4, 0.5) is 14.6 Å². The average molecular weight is 402 g/mol. The summed E-state index contributed by atoms with van der Waals surface area (Å²) in [6.07, 6.45) is 4.11. The molecular weight excluding hydrogens is 382 g/mol. The van der Waals surface area contributed by atoms with E-state index in [0.717, 1.165) is 17.9 Å². The van der Waals surface area contributed by atoms with Crippen LogP contribution >= 0.6 is 0 Å². The molecule has 2 N–H and O–H groups in total. The van der Waals surface area contributed by atoms with E-state index in [2.05, 4.69) is 25.2 Å². The molecule has 0 aliphatic carbocycles. The van der Waals surface area contributed by atoms with E-state index >= 15 is 0 Å². The standard InChI is InChI=1S/C20H20F2N4O3/c1-20(2)8-11(10-28-20)24-18-15-9-23-6-5-13(15)17(25-26-18)14-4-3-12(7-16(14)27)29-19(21)22/h3-7,9,11,19,27H,8,10H2,1-2H3,(H,24,26)/t11-/m1/s1. The summed E-state index contributed by atoms with van der Waals surface area (Å²) in [5.74, 6) is 0.199. The first-order valence-corrected chi connectivity index (χ1v) is 9.11. The topological polar surface area (TPSA) is 89.4 Å². The van der Waals surface area contributed by atoms with E-state index in [-0.39, 0.29) is 23.1 Å². The van der Waals surface area contributed by atoms with Gasteiger partial charge in [-0.2, -0.15) is 8.78 Å². The number of aromatic nitrogens is 3. The summed E-state index contributed by atoms with van der Waals surface area (Å²) in [4.78, 5) is 4.18. The molecular formula is C20H20F2N4O3. The van der Waals surface area contributed by atoms with Crippen molar-refractivity contribution in [2.45, 2.75) is 38.5 Å². The van der Waals surface area contributed by atoms with Gasteiger partial charge in [-0.1, -0.05) is 0 Å². The fourth-order valence-corrected chi connectivity index (χ4v) is 3.51. The minimum Gasteiger partial charge on any atom is -0.507 e. The lowest BCUT2D eigenvalue weighted by atomic mass is 10.0. The Morgan fingerprint density at radius 2 is 2.07 bits per heavy atom. The number of rotatable bonds is 5. The Morgan fingerprint density at radius 3 is 2.76 bits per heavy atom. The van der Waals surface area contributed by atoms with Gasteiger partial charge >= 0.3 is 6.61 Å². The van der Waals surface area contributed by atoms with Gasteiger partial charge in [0.2, 0.25) is 0 Å². The highest BCUT2D eigenvalue weighted by molar-refractivity contribution is 6.00. The van der Waals surface area contributed by atoms with Gasteiger partial charge in [-0.15, -0.1) is 10.2 Å². The fourth-order valence-electron chi connectivity index (χ4n) is 3.51. The number of pyridine rings is 1. The number of halogens is 2. The number of benzene rings is 1. The SMILES string of the molecule is CC1(C)C[C@@H](Nc2nnc(-c3ccc(OC(F)F)cc3O)c3ccncc23)CO1. The maximum Gasteiger partial charge on any atom is 0.387 e. The van der Waals surface area contributed by atoms with Gasteiger partial charge in [0.05, 0.1) is 18.2 Å². The number of ether oxygens (including phenoxy) is 2. The van der Waals surface area contributed by atoms with E-state index < -0.39 is 6.61 Å². The van der Waals surface area contributed by atoms with Crippen LogP contribution in [-0.4, -0.2) is 45.1 Å². The Kier molecular flexibility index (Phi) is 4.91. The van der Waals surface area contributed by atoms with Crippen molar-refractivity contribution in [3.63, 3.8) is 0 Å². The number of phenols is 1. The number of nitrogens with one attached hydrogen (secondary N) is 1. The van der Waals surface area contributed by atoms with Gasteiger partial charge in [0.15, 0.2) is 5.82 Å². The molecule has 2 aromatic heterocycles. The third-order valence-corrected chi connectivity index (χ3v) is 4.78. The third kappa shape index (κ3) is 4.04. The van der Waals surface area contributed by atoms with Crippen molar-refractivity contribution >= 4 is 16.6 Å². The van der Waals surface area contributed by atoms with Crippen molar-refractivity contribution in [1.29, 1.82) is 0 Å². The Bertz CT molecular complexity index is 1050. The maximum absolute atomic E-state index is 12.4. The normalized spacial score (nSPS) is 18.3. The van der Waals surface area contributed by atoms with Crippen LogP contribution in [0.2, 0.25) is 0 Å². The number of fused-ring (bicyclic) bond motifs is 1. The van der Waals surface area contributed by atoms with Gasteiger partial charge in [-0.25, -0.2) is 0 Å². The Balaban J connectivity index is 1.70. The molecule has 9 heteroatoms. The smallest absolute Gasteiger partial charge is 0.387 e. The van der Waals surface area contributed by atoms with Gasteiger partial charge in [0.25, 0.3) is 0 Å². The van der Waals surface area contributed by atoms with Crippen molar-refractivity contribution in [3.8, 4) is 22.8 Å². The number of aromatic hydroxyl groups is 1. The molecule has 3 heterocycles. The summed E-state index contributed by atoms with van der Waals surface area (Å²) in [6.45, 7) is 1.66. The van der Waals surface area contributed by atoms with Crippen LogP contribution in [-0.2, 0) is 4.74 Å². The number of hydrogen-bond acceptors (Lipinski definition) is 7. The molecule has 1 aliphatic rings. The molecule has 1 atom stereocenters. The number of hydrogen-bond donors (Lipinski definition) is 2. The summed E-state index contributed by atoms with van der Waals surface area (Å²) < 4.78 is 34.9. The van der Waals surface area contributed by atoms with Gasteiger partial charge in [-0.3, -0.25) is 4.98 Å². The zero-order valence-corrected chi connectivity index (χ0v) is 15.9.